The minimum atomic E-state index is -1.61. The van der Waals surface area contributed by atoms with E-state index in [0.717, 1.165) is 24.0 Å². The van der Waals surface area contributed by atoms with Crippen molar-refractivity contribution in [1.29, 1.82) is 0 Å². The first kappa shape index (κ1) is 15.4. The van der Waals surface area contributed by atoms with Gasteiger partial charge in [0.25, 0.3) is 0 Å². The Labute approximate surface area is 122 Å². The highest BCUT2D eigenvalue weighted by Gasteiger charge is 2.19. The molecule has 1 fully saturated rings. The van der Waals surface area contributed by atoms with Crippen LogP contribution in [-0.2, 0) is 4.79 Å². The van der Waals surface area contributed by atoms with Crippen molar-refractivity contribution in [1.82, 2.24) is 5.32 Å². The molecular weight excluding hydrogens is 307 g/mol. The highest BCUT2D eigenvalue weighted by atomic mass is 32.2. The van der Waals surface area contributed by atoms with E-state index in [9.17, 15) is 18.0 Å². The van der Waals surface area contributed by atoms with Crippen LogP contribution in [0.4, 0.5) is 13.2 Å². The second-order valence-electron chi connectivity index (χ2n) is 3.82. The van der Waals surface area contributed by atoms with Crippen LogP contribution in [0.1, 0.15) is 12.5 Å². The summed E-state index contributed by atoms with van der Waals surface area (Å²) < 4.78 is 45.1. The van der Waals surface area contributed by atoms with Crippen molar-refractivity contribution in [3.63, 3.8) is 0 Å². The molecule has 0 spiro atoms. The molecule has 5 nitrogen and oxygen atoms in total. The molecule has 1 saturated heterocycles. The van der Waals surface area contributed by atoms with Crippen molar-refractivity contribution >= 4 is 29.1 Å². The van der Waals surface area contributed by atoms with Gasteiger partial charge in [-0.1, -0.05) is 11.8 Å². The van der Waals surface area contributed by atoms with Crippen LogP contribution in [0.25, 0.3) is 0 Å². The Balaban J connectivity index is 2.30. The Morgan fingerprint density at radius 2 is 2.19 bits per heavy atom. The molecule has 0 saturated carbocycles. The van der Waals surface area contributed by atoms with Crippen LogP contribution >= 0.6 is 11.8 Å². The first-order chi connectivity index (χ1) is 10.0. The maximum Gasteiger partial charge on any atom is 0.236 e. The fraction of sp³-hybridized carbons (Fsp3) is 0.250. The zero-order valence-electron chi connectivity index (χ0n) is 10.8. The molecule has 1 aliphatic heterocycles. The van der Waals surface area contributed by atoms with Gasteiger partial charge in [0.15, 0.2) is 22.6 Å². The van der Waals surface area contributed by atoms with E-state index < -0.39 is 17.5 Å². The summed E-state index contributed by atoms with van der Waals surface area (Å²) in [4.78, 5) is 10.9. The van der Waals surface area contributed by atoms with E-state index in [1.54, 1.807) is 6.92 Å². The van der Waals surface area contributed by atoms with E-state index >= 15 is 0 Å². The highest BCUT2D eigenvalue weighted by molar-refractivity contribution is 8.15. The van der Waals surface area contributed by atoms with Crippen LogP contribution in [0.2, 0.25) is 0 Å². The maximum absolute atomic E-state index is 13.7. The fourth-order valence-electron chi connectivity index (χ4n) is 1.50. The lowest BCUT2D eigenvalue weighted by Gasteiger charge is -2.08. The highest BCUT2D eigenvalue weighted by Crippen LogP contribution is 2.25. The van der Waals surface area contributed by atoms with Gasteiger partial charge in [0.1, 0.15) is 5.75 Å². The lowest BCUT2D eigenvalue weighted by molar-refractivity contribution is -0.116. The van der Waals surface area contributed by atoms with Crippen LogP contribution < -0.4 is 10.1 Å². The average Bonchev–Trinajstić information content (AvgIpc) is 2.86. The predicted octanol–water partition coefficient (Wildman–Crippen LogP) is 2.06. The van der Waals surface area contributed by atoms with E-state index in [1.165, 1.54) is 0 Å². The molecule has 21 heavy (non-hydrogen) atoms. The molecule has 0 radical (unpaired) electrons. The number of carbonyl (C=O) groups excluding carboxylic acids is 1. The topological polar surface area (TPSA) is 63.1 Å². The van der Waals surface area contributed by atoms with Crippen molar-refractivity contribution in [2.45, 2.75) is 6.92 Å². The van der Waals surface area contributed by atoms with E-state index in [4.69, 9.17) is 4.74 Å². The number of carbonyl (C=O) groups is 1. The first-order valence-electron chi connectivity index (χ1n) is 5.87. The number of hydrogen-bond acceptors (Lipinski definition) is 5. The Hall–Kier alpha value is -2.03. The standard InChI is InChI=1S/C12H10F3N3O2S/c1-2-20-8-3-7(13)11(15)10(14)6(8)4-16-18-12-17-9(19)5-21-12/h3-4H,2,5H2,1H3,(H,17,18,19). The van der Waals surface area contributed by atoms with Crippen LogP contribution in [0.5, 0.6) is 5.75 Å². The average molecular weight is 317 g/mol. The molecule has 112 valence electrons. The van der Waals surface area contributed by atoms with Crippen molar-refractivity contribution in [2.75, 3.05) is 12.4 Å². The number of thioether (sulfide) groups is 1. The Bertz CT molecular complexity index is 635. The van der Waals surface area contributed by atoms with Crippen LogP contribution in [0, 0.1) is 17.5 Å². The van der Waals surface area contributed by atoms with Crippen LogP contribution in [-0.4, -0.2) is 29.6 Å². The fourth-order valence-corrected chi connectivity index (χ4v) is 2.13. The number of nitrogens with zero attached hydrogens (tertiary/aromatic N) is 2. The van der Waals surface area contributed by atoms with E-state index in [2.05, 4.69) is 15.5 Å². The molecule has 0 aliphatic carbocycles. The molecule has 0 bridgehead atoms. The van der Waals surface area contributed by atoms with E-state index in [1.807, 2.05) is 0 Å². The molecule has 1 aliphatic rings. The second kappa shape index (κ2) is 6.61. The quantitative estimate of drug-likeness (QED) is 0.525. The summed E-state index contributed by atoms with van der Waals surface area (Å²) >= 11 is 1.13. The van der Waals surface area contributed by atoms with Gasteiger partial charge in [-0.2, -0.15) is 5.10 Å². The summed E-state index contributed by atoms with van der Waals surface area (Å²) in [6.07, 6.45) is 0.904. The number of amidine groups is 1. The largest absolute Gasteiger partial charge is 0.493 e. The summed E-state index contributed by atoms with van der Waals surface area (Å²) in [5, 5.41) is 9.86. The smallest absolute Gasteiger partial charge is 0.236 e. The third kappa shape index (κ3) is 3.54. The van der Waals surface area contributed by atoms with Gasteiger partial charge in [-0.15, -0.1) is 5.10 Å². The van der Waals surface area contributed by atoms with Gasteiger partial charge in [0, 0.05) is 6.07 Å². The molecule has 1 heterocycles. The number of ether oxygens (including phenoxy) is 1. The lowest BCUT2D eigenvalue weighted by atomic mass is 10.2. The van der Waals surface area contributed by atoms with Gasteiger partial charge in [-0.3, -0.25) is 4.79 Å². The van der Waals surface area contributed by atoms with Gasteiger partial charge in [-0.05, 0) is 6.92 Å². The summed E-state index contributed by atoms with van der Waals surface area (Å²) in [5.74, 6) is -4.55. The number of halogens is 3. The van der Waals surface area contributed by atoms with Crippen molar-refractivity contribution in [3.8, 4) is 5.75 Å². The number of hydrogen-bond donors (Lipinski definition) is 1. The minimum Gasteiger partial charge on any atom is -0.493 e. The molecule has 2 rings (SSSR count). The molecule has 9 heteroatoms. The number of rotatable bonds is 4. The van der Waals surface area contributed by atoms with Gasteiger partial charge < -0.3 is 10.1 Å². The Kier molecular flexibility index (Phi) is 4.84. The van der Waals surface area contributed by atoms with Gasteiger partial charge in [0.05, 0.1) is 24.1 Å². The molecule has 0 unspecified atom stereocenters. The maximum atomic E-state index is 13.7. The van der Waals surface area contributed by atoms with Crippen LogP contribution in [0.15, 0.2) is 16.3 Å². The number of nitrogens with one attached hydrogen (secondary N) is 1. The SMILES string of the molecule is CCOc1cc(F)c(F)c(F)c1C=NN=C1NC(=O)CS1. The van der Waals surface area contributed by atoms with E-state index in [-0.39, 0.29) is 34.7 Å². The van der Waals surface area contributed by atoms with E-state index in [0.29, 0.717) is 0 Å². The zero-order valence-corrected chi connectivity index (χ0v) is 11.6. The Morgan fingerprint density at radius 1 is 1.43 bits per heavy atom. The second-order valence-corrected chi connectivity index (χ2v) is 4.78. The molecule has 1 aromatic carbocycles. The third-order valence-corrected chi connectivity index (χ3v) is 3.25. The Morgan fingerprint density at radius 3 is 2.81 bits per heavy atom. The van der Waals surface area contributed by atoms with Crippen LogP contribution in [0.3, 0.4) is 0 Å². The normalized spacial score (nSPS) is 16.8. The molecule has 1 amide bonds. The molecular formula is C12H10F3N3O2S. The van der Waals surface area contributed by atoms with Crippen molar-refractivity contribution in [2.24, 2.45) is 10.2 Å². The van der Waals surface area contributed by atoms with Crippen molar-refractivity contribution < 1.29 is 22.7 Å². The summed E-state index contributed by atoms with van der Waals surface area (Å²) in [7, 11) is 0. The van der Waals surface area contributed by atoms with Gasteiger partial charge >= 0.3 is 0 Å². The molecule has 1 N–H and O–H groups in total. The number of benzene rings is 1. The monoisotopic (exact) mass is 317 g/mol. The molecule has 0 atom stereocenters. The summed E-state index contributed by atoms with van der Waals surface area (Å²) in [6.45, 7) is 1.76. The zero-order chi connectivity index (χ0) is 15.4. The number of amides is 1. The van der Waals surface area contributed by atoms with Gasteiger partial charge in [0.2, 0.25) is 5.91 Å². The first-order valence-corrected chi connectivity index (χ1v) is 6.85. The minimum absolute atomic E-state index is 0.145. The summed E-state index contributed by atoms with van der Waals surface area (Å²) in [5.41, 5.74) is -0.352. The van der Waals surface area contributed by atoms with Crippen molar-refractivity contribution in [3.05, 3.63) is 29.1 Å². The lowest BCUT2D eigenvalue weighted by Crippen LogP contribution is -2.19. The third-order valence-electron chi connectivity index (χ3n) is 2.38. The molecule has 0 aromatic heterocycles. The van der Waals surface area contributed by atoms with Gasteiger partial charge in [-0.25, -0.2) is 13.2 Å². The predicted molar refractivity (Wildman–Crippen MR) is 73.1 cm³/mol. The molecule has 1 aromatic rings. The summed E-state index contributed by atoms with van der Waals surface area (Å²) in [6, 6.07) is 0.739.